The molecule has 1 unspecified atom stereocenters. The summed E-state index contributed by atoms with van der Waals surface area (Å²) in [4.78, 5) is 4.86. The molecule has 0 bridgehead atoms. The Bertz CT molecular complexity index is 657. The molecular formula is C18H21ClN2S. The fourth-order valence-corrected chi connectivity index (χ4v) is 4.08. The fraction of sp³-hybridized carbons (Fsp3) is 0.333. The first-order chi connectivity index (χ1) is 10.6. The number of hydrogen-bond acceptors (Lipinski definition) is 3. The number of rotatable bonds is 4. The van der Waals surface area contributed by atoms with E-state index in [1.54, 1.807) is 0 Å². The van der Waals surface area contributed by atoms with Gasteiger partial charge in [0.2, 0.25) is 0 Å². The molecule has 116 valence electrons. The van der Waals surface area contributed by atoms with E-state index in [9.17, 15) is 0 Å². The van der Waals surface area contributed by atoms with Gasteiger partial charge in [-0.25, -0.2) is 0 Å². The third kappa shape index (κ3) is 3.66. The molecule has 2 aromatic rings. The summed E-state index contributed by atoms with van der Waals surface area (Å²) in [6, 6.07) is 15.3. The molecular weight excluding hydrogens is 312 g/mol. The molecule has 1 aliphatic heterocycles. The van der Waals surface area contributed by atoms with Gasteiger partial charge in [0.05, 0.1) is 0 Å². The molecule has 2 aromatic carbocycles. The van der Waals surface area contributed by atoms with Crippen molar-refractivity contribution in [1.29, 1.82) is 0 Å². The molecule has 0 aliphatic carbocycles. The molecule has 3 rings (SSSR count). The van der Waals surface area contributed by atoms with Crippen LogP contribution in [0.1, 0.15) is 17.2 Å². The minimum absolute atomic E-state index is 0.336. The number of likely N-dealkylation sites (N-methyl/N-ethyl adjacent to an activating group) is 1. The first kappa shape index (κ1) is 15.9. The topological polar surface area (TPSA) is 15.3 Å². The van der Waals surface area contributed by atoms with Crippen LogP contribution in [0.25, 0.3) is 0 Å². The first-order valence-electron chi connectivity index (χ1n) is 7.57. The molecule has 1 N–H and O–H groups in total. The molecule has 0 saturated heterocycles. The number of benzene rings is 2. The molecule has 22 heavy (non-hydrogen) atoms. The summed E-state index contributed by atoms with van der Waals surface area (Å²) in [5, 5.41) is 4.53. The Morgan fingerprint density at radius 3 is 2.82 bits per heavy atom. The van der Waals surface area contributed by atoms with Crippen molar-refractivity contribution in [2.24, 2.45) is 0 Å². The van der Waals surface area contributed by atoms with Gasteiger partial charge in [-0.1, -0.05) is 41.6 Å². The van der Waals surface area contributed by atoms with Gasteiger partial charge in [-0.2, -0.15) is 0 Å². The second-order valence-electron chi connectivity index (χ2n) is 5.91. The van der Waals surface area contributed by atoms with Gasteiger partial charge in [-0.05, 0) is 55.9 Å². The lowest BCUT2D eigenvalue weighted by Gasteiger charge is -2.20. The molecule has 4 heteroatoms. The maximum absolute atomic E-state index is 6.20. The third-order valence-electron chi connectivity index (χ3n) is 3.91. The highest BCUT2D eigenvalue weighted by atomic mass is 35.5. The van der Waals surface area contributed by atoms with Crippen LogP contribution in [0.2, 0.25) is 5.02 Å². The normalized spacial score (nSPS) is 17.0. The summed E-state index contributed by atoms with van der Waals surface area (Å²) in [6.45, 7) is 2.01. The highest BCUT2D eigenvalue weighted by Gasteiger charge is 2.22. The Balaban J connectivity index is 1.90. The summed E-state index contributed by atoms with van der Waals surface area (Å²) in [7, 11) is 4.21. The van der Waals surface area contributed by atoms with Crippen LogP contribution in [0.5, 0.6) is 0 Å². The summed E-state index contributed by atoms with van der Waals surface area (Å²) in [6.07, 6.45) is 0.979. The Hall–Kier alpha value is -1.00. The van der Waals surface area contributed by atoms with Crippen molar-refractivity contribution >= 4 is 23.4 Å². The van der Waals surface area contributed by atoms with Crippen LogP contribution in [0.3, 0.4) is 0 Å². The maximum Gasteiger partial charge on any atom is 0.0409 e. The molecule has 1 heterocycles. The SMILES string of the molecule is CN(C)CCNC1Cc2cc(Cl)ccc2Sc2ccccc21. The van der Waals surface area contributed by atoms with E-state index in [0.29, 0.717) is 6.04 Å². The molecule has 0 spiro atoms. The van der Waals surface area contributed by atoms with E-state index in [1.807, 2.05) is 17.8 Å². The minimum Gasteiger partial charge on any atom is -0.308 e. The van der Waals surface area contributed by atoms with Crippen LogP contribution < -0.4 is 5.32 Å². The smallest absolute Gasteiger partial charge is 0.0409 e. The zero-order valence-electron chi connectivity index (χ0n) is 13.0. The van der Waals surface area contributed by atoms with Crippen molar-refractivity contribution in [1.82, 2.24) is 10.2 Å². The quantitative estimate of drug-likeness (QED) is 0.901. The van der Waals surface area contributed by atoms with E-state index in [2.05, 4.69) is 60.7 Å². The predicted octanol–water partition coefficient (Wildman–Crippen LogP) is 4.24. The lowest BCUT2D eigenvalue weighted by molar-refractivity contribution is 0.383. The van der Waals surface area contributed by atoms with Crippen LogP contribution in [-0.4, -0.2) is 32.1 Å². The summed E-state index contributed by atoms with van der Waals surface area (Å²) >= 11 is 8.05. The van der Waals surface area contributed by atoms with Gasteiger partial charge in [0.1, 0.15) is 0 Å². The number of nitrogens with zero attached hydrogens (tertiary/aromatic N) is 1. The summed E-state index contributed by atoms with van der Waals surface area (Å²) in [5.74, 6) is 0. The molecule has 1 atom stereocenters. The molecule has 0 saturated carbocycles. The Labute approximate surface area is 141 Å². The second-order valence-corrected chi connectivity index (χ2v) is 7.43. The molecule has 0 amide bonds. The number of fused-ring (bicyclic) bond motifs is 2. The average molecular weight is 333 g/mol. The lowest BCUT2D eigenvalue weighted by Crippen LogP contribution is -2.30. The van der Waals surface area contributed by atoms with Crippen molar-refractivity contribution in [2.45, 2.75) is 22.3 Å². The van der Waals surface area contributed by atoms with Crippen molar-refractivity contribution in [3.05, 3.63) is 58.6 Å². The van der Waals surface area contributed by atoms with E-state index < -0.39 is 0 Å². The Morgan fingerprint density at radius 2 is 2.00 bits per heavy atom. The van der Waals surface area contributed by atoms with Gasteiger partial charge in [0, 0.05) is 33.9 Å². The molecule has 2 nitrogen and oxygen atoms in total. The largest absolute Gasteiger partial charge is 0.308 e. The third-order valence-corrected chi connectivity index (χ3v) is 5.36. The van der Waals surface area contributed by atoms with Crippen LogP contribution in [0.4, 0.5) is 0 Å². The highest BCUT2D eigenvalue weighted by molar-refractivity contribution is 7.99. The van der Waals surface area contributed by atoms with E-state index in [4.69, 9.17) is 11.6 Å². The van der Waals surface area contributed by atoms with Gasteiger partial charge in [0.15, 0.2) is 0 Å². The maximum atomic E-state index is 6.20. The zero-order valence-corrected chi connectivity index (χ0v) is 14.5. The fourth-order valence-electron chi connectivity index (χ4n) is 2.76. The van der Waals surface area contributed by atoms with E-state index in [-0.39, 0.29) is 0 Å². The first-order valence-corrected chi connectivity index (χ1v) is 8.76. The van der Waals surface area contributed by atoms with E-state index in [1.165, 1.54) is 20.9 Å². The van der Waals surface area contributed by atoms with Crippen molar-refractivity contribution in [3.63, 3.8) is 0 Å². The lowest BCUT2D eigenvalue weighted by atomic mass is 9.99. The molecule has 0 aromatic heterocycles. The average Bonchev–Trinajstić information content (AvgIpc) is 2.63. The van der Waals surface area contributed by atoms with E-state index in [0.717, 1.165) is 24.5 Å². The van der Waals surface area contributed by atoms with Crippen molar-refractivity contribution in [3.8, 4) is 0 Å². The van der Waals surface area contributed by atoms with Crippen LogP contribution in [0.15, 0.2) is 52.3 Å². The van der Waals surface area contributed by atoms with Gasteiger partial charge in [-0.3, -0.25) is 0 Å². The Morgan fingerprint density at radius 1 is 1.18 bits per heavy atom. The summed E-state index contributed by atoms with van der Waals surface area (Å²) in [5.41, 5.74) is 2.72. The molecule has 1 aliphatic rings. The molecule has 0 fully saturated rings. The van der Waals surface area contributed by atoms with Gasteiger partial charge in [0.25, 0.3) is 0 Å². The van der Waals surface area contributed by atoms with Gasteiger partial charge < -0.3 is 10.2 Å². The predicted molar refractivity (Wildman–Crippen MR) is 95.0 cm³/mol. The minimum atomic E-state index is 0.336. The van der Waals surface area contributed by atoms with E-state index >= 15 is 0 Å². The number of halogens is 1. The van der Waals surface area contributed by atoms with Crippen molar-refractivity contribution in [2.75, 3.05) is 27.2 Å². The van der Waals surface area contributed by atoms with Crippen LogP contribution in [-0.2, 0) is 6.42 Å². The number of nitrogens with one attached hydrogen (secondary N) is 1. The Kier molecular flexibility index (Phi) is 5.09. The van der Waals surface area contributed by atoms with Crippen LogP contribution >= 0.6 is 23.4 Å². The second kappa shape index (κ2) is 7.05. The zero-order chi connectivity index (χ0) is 15.5. The monoisotopic (exact) mass is 332 g/mol. The van der Waals surface area contributed by atoms with Gasteiger partial charge >= 0.3 is 0 Å². The highest BCUT2D eigenvalue weighted by Crippen LogP contribution is 2.41. The van der Waals surface area contributed by atoms with Gasteiger partial charge in [-0.15, -0.1) is 0 Å². The summed E-state index contributed by atoms with van der Waals surface area (Å²) < 4.78 is 0. The van der Waals surface area contributed by atoms with Crippen molar-refractivity contribution < 1.29 is 0 Å². The molecule has 0 radical (unpaired) electrons. The van der Waals surface area contributed by atoms with Crippen LogP contribution in [0, 0.1) is 0 Å². The number of hydrogen-bond donors (Lipinski definition) is 1. The standard InChI is InChI=1S/C18H21ClN2S/c1-21(2)10-9-20-16-12-13-11-14(19)7-8-17(13)22-18-6-4-3-5-15(16)18/h3-8,11,16,20H,9-10,12H2,1-2H3.